The van der Waals surface area contributed by atoms with Gasteiger partial charge in [0, 0.05) is 5.69 Å². The number of carboxylic acid groups (broad SMARTS) is 1. The van der Waals surface area contributed by atoms with Gasteiger partial charge in [0.15, 0.2) is 6.10 Å². The second kappa shape index (κ2) is 9.55. The standard InChI is InChI=1S/C25H24N2O4/c28-24-23(31-16-18-11-5-2-6-12-18)22(19-13-7-8-14-20(19)27-24)26-21(25(29)30)15-17-9-3-1-4-10-17/h1-14,21-23,26H,15-16H2,(H,27,28)(H,29,30). The Bertz CT molecular complexity index is 1040. The molecule has 0 spiro atoms. The lowest BCUT2D eigenvalue weighted by Crippen LogP contribution is -2.51. The van der Waals surface area contributed by atoms with Crippen molar-refractivity contribution in [1.82, 2.24) is 5.32 Å². The second-order valence-electron chi connectivity index (χ2n) is 7.52. The zero-order chi connectivity index (χ0) is 21.6. The van der Waals surface area contributed by atoms with E-state index in [0.717, 1.165) is 16.7 Å². The van der Waals surface area contributed by atoms with Crippen molar-refractivity contribution in [3.63, 3.8) is 0 Å². The van der Waals surface area contributed by atoms with Gasteiger partial charge in [-0.1, -0.05) is 78.9 Å². The Kier molecular flexibility index (Phi) is 6.40. The predicted octanol–water partition coefficient (Wildman–Crippen LogP) is 3.55. The third-order valence-corrected chi connectivity index (χ3v) is 5.35. The minimum atomic E-state index is -0.978. The number of carbonyl (C=O) groups excluding carboxylic acids is 1. The summed E-state index contributed by atoms with van der Waals surface area (Å²) in [5.41, 5.74) is 3.30. The summed E-state index contributed by atoms with van der Waals surface area (Å²) in [6, 6.07) is 24.9. The average Bonchev–Trinajstić information content (AvgIpc) is 2.79. The van der Waals surface area contributed by atoms with Crippen molar-refractivity contribution in [2.24, 2.45) is 0 Å². The molecule has 1 heterocycles. The lowest BCUT2D eigenvalue weighted by atomic mass is 9.93. The molecule has 1 amide bonds. The van der Waals surface area contributed by atoms with Crippen LogP contribution in [0, 0.1) is 0 Å². The van der Waals surface area contributed by atoms with Gasteiger partial charge >= 0.3 is 5.97 Å². The molecule has 3 unspecified atom stereocenters. The molecule has 158 valence electrons. The molecule has 4 rings (SSSR count). The van der Waals surface area contributed by atoms with Crippen LogP contribution in [-0.4, -0.2) is 29.1 Å². The van der Waals surface area contributed by atoms with Crippen LogP contribution in [0.2, 0.25) is 0 Å². The second-order valence-corrected chi connectivity index (χ2v) is 7.52. The minimum Gasteiger partial charge on any atom is -0.480 e. The Hall–Kier alpha value is -3.48. The highest BCUT2D eigenvalue weighted by atomic mass is 16.5. The number of carbonyl (C=O) groups is 2. The lowest BCUT2D eigenvalue weighted by molar-refractivity contribution is -0.141. The van der Waals surface area contributed by atoms with Crippen LogP contribution in [0.3, 0.4) is 0 Å². The fraction of sp³-hybridized carbons (Fsp3) is 0.200. The number of benzene rings is 3. The summed E-state index contributed by atoms with van der Waals surface area (Å²) in [5.74, 6) is -1.27. The van der Waals surface area contributed by atoms with Crippen LogP contribution in [0.15, 0.2) is 84.9 Å². The molecule has 0 saturated carbocycles. The zero-order valence-corrected chi connectivity index (χ0v) is 16.9. The van der Waals surface area contributed by atoms with E-state index in [1.807, 2.05) is 84.9 Å². The first kappa shape index (κ1) is 20.8. The van der Waals surface area contributed by atoms with E-state index in [0.29, 0.717) is 12.1 Å². The lowest BCUT2D eigenvalue weighted by Gasteiger charge is -2.35. The van der Waals surface area contributed by atoms with Crippen LogP contribution < -0.4 is 10.6 Å². The van der Waals surface area contributed by atoms with E-state index in [9.17, 15) is 14.7 Å². The number of amides is 1. The monoisotopic (exact) mass is 416 g/mol. The van der Waals surface area contributed by atoms with E-state index in [2.05, 4.69) is 10.6 Å². The molecule has 1 aliphatic rings. The molecule has 6 nitrogen and oxygen atoms in total. The van der Waals surface area contributed by atoms with Gasteiger partial charge < -0.3 is 15.2 Å². The smallest absolute Gasteiger partial charge is 0.321 e. The molecule has 3 N–H and O–H groups in total. The molecular formula is C25H24N2O4. The van der Waals surface area contributed by atoms with Crippen molar-refractivity contribution in [3.05, 3.63) is 102 Å². The Morgan fingerprint density at radius 1 is 0.935 bits per heavy atom. The fourth-order valence-electron chi connectivity index (χ4n) is 3.79. The van der Waals surface area contributed by atoms with Crippen molar-refractivity contribution < 1.29 is 19.4 Å². The van der Waals surface area contributed by atoms with Gasteiger partial charge in [-0.3, -0.25) is 14.9 Å². The molecule has 0 radical (unpaired) electrons. The third-order valence-electron chi connectivity index (χ3n) is 5.35. The van der Waals surface area contributed by atoms with E-state index >= 15 is 0 Å². The molecule has 0 saturated heterocycles. The third kappa shape index (κ3) is 4.99. The number of anilines is 1. The Labute approximate surface area is 180 Å². The first-order valence-electron chi connectivity index (χ1n) is 10.2. The number of fused-ring (bicyclic) bond motifs is 1. The maximum Gasteiger partial charge on any atom is 0.321 e. The van der Waals surface area contributed by atoms with Crippen molar-refractivity contribution in [3.8, 4) is 0 Å². The molecule has 3 aromatic carbocycles. The van der Waals surface area contributed by atoms with Gasteiger partial charge in [-0.2, -0.15) is 0 Å². The van der Waals surface area contributed by atoms with E-state index in [1.54, 1.807) is 0 Å². The van der Waals surface area contributed by atoms with Crippen molar-refractivity contribution in [2.75, 3.05) is 5.32 Å². The van der Waals surface area contributed by atoms with E-state index in [4.69, 9.17) is 4.74 Å². The van der Waals surface area contributed by atoms with Gasteiger partial charge in [-0.05, 0) is 29.2 Å². The molecule has 0 fully saturated rings. The zero-order valence-electron chi connectivity index (χ0n) is 16.9. The van der Waals surface area contributed by atoms with Gasteiger partial charge in [0.1, 0.15) is 6.04 Å². The number of rotatable bonds is 8. The molecule has 3 atom stereocenters. The quantitative estimate of drug-likeness (QED) is 0.523. The van der Waals surface area contributed by atoms with Crippen LogP contribution >= 0.6 is 0 Å². The van der Waals surface area contributed by atoms with Crippen LogP contribution in [0.4, 0.5) is 5.69 Å². The molecule has 3 aromatic rings. The van der Waals surface area contributed by atoms with Crippen LogP contribution in [0.5, 0.6) is 0 Å². The van der Waals surface area contributed by atoms with Crippen LogP contribution in [-0.2, 0) is 27.4 Å². The largest absolute Gasteiger partial charge is 0.480 e. The van der Waals surface area contributed by atoms with Crippen molar-refractivity contribution >= 4 is 17.6 Å². The van der Waals surface area contributed by atoms with Gasteiger partial charge in [0.2, 0.25) is 0 Å². The minimum absolute atomic E-state index is 0.246. The Balaban J connectivity index is 1.60. The number of hydrogen-bond donors (Lipinski definition) is 3. The molecule has 0 aromatic heterocycles. The summed E-state index contributed by atoms with van der Waals surface area (Å²) < 4.78 is 6.01. The van der Waals surface area contributed by atoms with Crippen molar-refractivity contribution in [1.29, 1.82) is 0 Å². The molecular weight excluding hydrogens is 392 g/mol. The Morgan fingerprint density at radius 2 is 1.55 bits per heavy atom. The number of carboxylic acids is 1. The van der Waals surface area contributed by atoms with Crippen LogP contribution in [0.25, 0.3) is 0 Å². The number of aliphatic carboxylic acids is 1. The number of nitrogens with one attached hydrogen (secondary N) is 2. The summed E-state index contributed by atoms with van der Waals surface area (Å²) in [6.45, 7) is 0.246. The maximum atomic E-state index is 12.9. The summed E-state index contributed by atoms with van der Waals surface area (Å²) in [6.07, 6.45) is -0.574. The molecule has 0 bridgehead atoms. The first-order chi connectivity index (χ1) is 15.1. The molecule has 0 aliphatic carbocycles. The molecule has 1 aliphatic heterocycles. The number of hydrogen-bond acceptors (Lipinski definition) is 4. The number of ether oxygens (including phenoxy) is 1. The maximum absolute atomic E-state index is 12.9. The summed E-state index contributed by atoms with van der Waals surface area (Å²) in [5, 5.41) is 15.9. The topological polar surface area (TPSA) is 87.7 Å². The van der Waals surface area contributed by atoms with Gasteiger partial charge in [0.05, 0.1) is 12.6 Å². The molecule has 6 heteroatoms. The first-order valence-corrected chi connectivity index (χ1v) is 10.2. The van der Waals surface area contributed by atoms with Gasteiger partial charge in [-0.15, -0.1) is 0 Å². The normalized spacial score (nSPS) is 18.6. The average molecular weight is 416 g/mol. The van der Waals surface area contributed by atoms with Crippen molar-refractivity contribution in [2.45, 2.75) is 31.2 Å². The van der Waals surface area contributed by atoms with Gasteiger partial charge in [0.25, 0.3) is 5.91 Å². The van der Waals surface area contributed by atoms with E-state index in [1.165, 1.54) is 0 Å². The fourth-order valence-corrected chi connectivity index (χ4v) is 3.79. The van der Waals surface area contributed by atoms with E-state index in [-0.39, 0.29) is 12.5 Å². The predicted molar refractivity (Wildman–Crippen MR) is 118 cm³/mol. The summed E-state index contributed by atoms with van der Waals surface area (Å²) in [7, 11) is 0. The highest BCUT2D eigenvalue weighted by Gasteiger charge is 2.38. The summed E-state index contributed by atoms with van der Waals surface area (Å²) in [4.78, 5) is 24.9. The van der Waals surface area contributed by atoms with Gasteiger partial charge in [-0.25, -0.2) is 0 Å². The van der Waals surface area contributed by atoms with Crippen LogP contribution in [0.1, 0.15) is 22.7 Å². The van der Waals surface area contributed by atoms with E-state index < -0.39 is 24.2 Å². The Morgan fingerprint density at radius 3 is 2.23 bits per heavy atom. The highest BCUT2D eigenvalue weighted by molar-refractivity contribution is 5.98. The SMILES string of the molecule is O=C(O)C(Cc1ccccc1)NC1c2ccccc2NC(=O)C1OCc1ccccc1. The highest BCUT2D eigenvalue weighted by Crippen LogP contribution is 2.33. The summed E-state index contributed by atoms with van der Waals surface area (Å²) >= 11 is 0. The molecule has 31 heavy (non-hydrogen) atoms. The number of para-hydroxylation sites is 1.